The maximum absolute atomic E-state index is 4.40. The number of halogens is 1. The van der Waals surface area contributed by atoms with Crippen molar-refractivity contribution in [1.29, 1.82) is 0 Å². The molecule has 3 rings (SSSR count). The Bertz CT molecular complexity index is 560. The van der Waals surface area contributed by atoms with Crippen molar-refractivity contribution in [2.24, 2.45) is 12.0 Å². The zero-order valence-electron chi connectivity index (χ0n) is 16.2. The number of piperidine rings is 1. The minimum absolute atomic E-state index is 0. The average Bonchev–Trinajstić information content (AvgIpc) is 3.08. The first kappa shape index (κ1) is 21.4. The van der Waals surface area contributed by atoms with Crippen molar-refractivity contribution in [3.05, 3.63) is 12.2 Å². The Morgan fingerprint density at radius 3 is 2.42 bits per heavy atom. The molecule has 1 aromatic heterocycles. The summed E-state index contributed by atoms with van der Waals surface area (Å²) in [6.07, 6.45) is 12.5. The Hall–Kier alpha value is -0.900. The standard InChI is InChI=1S/C18H33N7.HI/c1-19-17(20-13-16-23-22-15-24(16)2)21-14-18(9-5-3-6-10-18)25-11-7-4-8-12-25;/h15H,3-14H2,1-2H3,(H2,19,20,21);1H. The van der Waals surface area contributed by atoms with Crippen LogP contribution in [0.15, 0.2) is 11.3 Å². The molecule has 1 aromatic rings. The van der Waals surface area contributed by atoms with Crippen LogP contribution in [-0.2, 0) is 13.6 Å². The van der Waals surface area contributed by atoms with Crippen LogP contribution in [-0.4, -0.2) is 57.8 Å². The number of guanidine groups is 1. The molecule has 0 amide bonds. The first-order valence-electron chi connectivity index (χ1n) is 9.76. The average molecular weight is 475 g/mol. The van der Waals surface area contributed by atoms with Gasteiger partial charge in [-0.1, -0.05) is 25.7 Å². The summed E-state index contributed by atoms with van der Waals surface area (Å²) >= 11 is 0. The lowest BCUT2D eigenvalue weighted by molar-refractivity contribution is 0.0368. The first-order valence-corrected chi connectivity index (χ1v) is 9.76. The van der Waals surface area contributed by atoms with Gasteiger partial charge in [0.25, 0.3) is 0 Å². The van der Waals surface area contributed by atoms with E-state index in [2.05, 4.69) is 30.7 Å². The number of aliphatic imine (C=N–C) groups is 1. The number of nitrogens with zero attached hydrogens (tertiary/aromatic N) is 5. The van der Waals surface area contributed by atoms with Gasteiger partial charge in [-0.3, -0.25) is 9.89 Å². The normalized spacial score (nSPS) is 21.1. The van der Waals surface area contributed by atoms with Crippen molar-refractivity contribution < 1.29 is 0 Å². The van der Waals surface area contributed by atoms with Crippen LogP contribution in [0.4, 0.5) is 0 Å². The van der Waals surface area contributed by atoms with Gasteiger partial charge in [0.05, 0.1) is 6.54 Å². The number of hydrogen-bond acceptors (Lipinski definition) is 4. The third-order valence-electron chi connectivity index (χ3n) is 5.84. The van der Waals surface area contributed by atoms with Crippen LogP contribution in [0, 0.1) is 0 Å². The number of likely N-dealkylation sites (tertiary alicyclic amines) is 1. The molecule has 2 fully saturated rings. The Labute approximate surface area is 174 Å². The second-order valence-electron chi connectivity index (χ2n) is 7.47. The predicted octanol–water partition coefficient (Wildman–Crippen LogP) is 2.29. The van der Waals surface area contributed by atoms with Crippen LogP contribution in [0.1, 0.15) is 57.2 Å². The molecular weight excluding hydrogens is 441 g/mol. The fourth-order valence-corrected chi connectivity index (χ4v) is 4.28. The van der Waals surface area contributed by atoms with Gasteiger partial charge in [-0.2, -0.15) is 0 Å². The molecule has 0 radical (unpaired) electrons. The maximum atomic E-state index is 4.40. The van der Waals surface area contributed by atoms with E-state index in [4.69, 9.17) is 0 Å². The lowest BCUT2D eigenvalue weighted by Crippen LogP contribution is -2.59. The van der Waals surface area contributed by atoms with Gasteiger partial charge < -0.3 is 15.2 Å². The molecule has 0 bridgehead atoms. The van der Waals surface area contributed by atoms with E-state index < -0.39 is 0 Å². The molecule has 0 atom stereocenters. The van der Waals surface area contributed by atoms with E-state index >= 15 is 0 Å². The van der Waals surface area contributed by atoms with Gasteiger partial charge in [0.1, 0.15) is 6.33 Å². The Morgan fingerprint density at radius 2 is 1.81 bits per heavy atom. The van der Waals surface area contributed by atoms with E-state index in [1.165, 1.54) is 64.5 Å². The highest BCUT2D eigenvalue weighted by Gasteiger charge is 2.38. The van der Waals surface area contributed by atoms with Crippen LogP contribution >= 0.6 is 24.0 Å². The lowest BCUT2D eigenvalue weighted by Gasteiger charge is -2.48. The monoisotopic (exact) mass is 475 g/mol. The number of aryl methyl sites for hydroxylation is 1. The summed E-state index contributed by atoms with van der Waals surface area (Å²) in [6.45, 7) is 4.12. The minimum Gasteiger partial charge on any atom is -0.355 e. The van der Waals surface area contributed by atoms with Crippen molar-refractivity contribution in [2.45, 2.75) is 63.5 Å². The van der Waals surface area contributed by atoms with Crippen LogP contribution in [0.5, 0.6) is 0 Å². The predicted molar refractivity (Wildman–Crippen MR) is 116 cm³/mol. The third kappa shape index (κ3) is 5.31. The minimum atomic E-state index is 0. The fourth-order valence-electron chi connectivity index (χ4n) is 4.28. The van der Waals surface area contributed by atoms with Crippen molar-refractivity contribution >= 4 is 29.9 Å². The molecule has 7 nitrogen and oxygen atoms in total. The van der Waals surface area contributed by atoms with E-state index in [-0.39, 0.29) is 24.0 Å². The quantitative estimate of drug-likeness (QED) is 0.389. The van der Waals surface area contributed by atoms with E-state index in [9.17, 15) is 0 Å². The molecule has 1 aliphatic carbocycles. The zero-order chi connectivity index (χ0) is 17.5. The molecular formula is C18H34IN7. The second-order valence-corrected chi connectivity index (χ2v) is 7.47. The fraction of sp³-hybridized carbons (Fsp3) is 0.833. The summed E-state index contributed by atoms with van der Waals surface area (Å²) < 4.78 is 1.93. The highest BCUT2D eigenvalue weighted by Crippen LogP contribution is 2.35. The molecule has 1 aliphatic heterocycles. The number of rotatable bonds is 5. The highest BCUT2D eigenvalue weighted by atomic mass is 127. The largest absolute Gasteiger partial charge is 0.355 e. The molecule has 26 heavy (non-hydrogen) atoms. The van der Waals surface area contributed by atoms with Gasteiger partial charge in [0.2, 0.25) is 0 Å². The Balaban J connectivity index is 0.00000243. The number of aromatic nitrogens is 3. The summed E-state index contributed by atoms with van der Waals surface area (Å²) in [6, 6.07) is 0. The summed E-state index contributed by atoms with van der Waals surface area (Å²) in [5, 5.41) is 15.0. The SMILES string of the molecule is CN=C(NCc1nncn1C)NCC1(N2CCCCC2)CCCCC1.I. The maximum Gasteiger partial charge on any atom is 0.191 e. The molecule has 1 saturated heterocycles. The van der Waals surface area contributed by atoms with Crippen LogP contribution in [0.25, 0.3) is 0 Å². The smallest absolute Gasteiger partial charge is 0.191 e. The Morgan fingerprint density at radius 1 is 1.12 bits per heavy atom. The van der Waals surface area contributed by atoms with Gasteiger partial charge in [0.15, 0.2) is 11.8 Å². The lowest BCUT2D eigenvalue weighted by atomic mass is 9.79. The van der Waals surface area contributed by atoms with Gasteiger partial charge in [-0.25, -0.2) is 0 Å². The first-order chi connectivity index (χ1) is 12.2. The summed E-state index contributed by atoms with van der Waals surface area (Å²) in [4.78, 5) is 7.16. The van der Waals surface area contributed by atoms with Crippen molar-refractivity contribution in [2.75, 3.05) is 26.7 Å². The van der Waals surface area contributed by atoms with Gasteiger partial charge in [0, 0.05) is 26.2 Å². The van der Waals surface area contributed by atoms with Crippen LogP contribution in [0.3, 0.4) is 0 Å². The molecule has 1 saturated carbocycles. The molecule has 148 valence electrons. The van der Waals surface area contributed by atoms with Crippen molar-refractivity contribution in [1.82, 2.24) is 30.3 Å². The van der Waals surface area contributed by atoms with Crippen LogP contribution in [0.2, 0.25) is 0 Å². The molecule has 2 heterocycles. The summed E-state index contributed by atoms with van der Waals surface area (Å²) in [7, 11) is 3.79. The highest BCUT2D eigenvalue weighted by molar-refractivity contribution is 14.0. The van der Waals surface area contributed by atoms with Gasteiger partial charge >= 0.3 is 0 Å². The third-order valence-corrected chi connectivity index (χ3v) is 5.84. The number of hydrogen-bond donors (Lipinski definition) is 2. The summed E-state index contributed by atoms with van der Waals surface area (Å²) in [5.41, 5.74) is 0.307. The van der Waals surface area contributed by atoms with Gasteiger partial charge in [-0.15, -0.1) is 34.2 Å². The molecule has 2 aliphatic rings. The van der Waals surface area contributed by atoms with Gasteiger partial charge in [-0.05, 0) is 38.8 Å². The van der Waals surface area contributed by atoms with E-state index in [1.54, 1.807) is 6.33 Å². The zero-order valence-corrected chi connectivity index (χ0v) is 18.5. The van der Waals surface area contributed by atoms with E-state index in [1.807, 2.05) is 18.7 Å². The van der Waals surface area contributed by atoms with Crippen molar-refractivity contribution in [3.8, 4) is 0 Å². The topological polar surface area (TPSA) is 70.4 Å². The van der Waals surface area contributed by atoms with E-state index in [0.717, 1.165) is 18.3 Å². The molecule has 0 unspecified atom stereocenters. The molecule has 2 N–H and O–H groups in total. The second kappa shape index (κ2) is 10.4. The molecule has 0 aromatic carbocycles. The van der Waals surface area contributed by atoms with E-state index in [0.29, 0.717) is 12.1 Å². The number of nitrogens with one attached hydrogen (secondary N) is 2. The van der Waals surface area contributed by atoms with Crippen LogP contribution < -0.4 is 10.6 Å². The Kier molecular flexibility index (Phi) is 8.59. The van der Waals surface area contributed by atoms with Crippen molar-refractivity contribution in [3.63, 3.8) is 0 Å². The molecule has 8 heteroatoms. The summed E-state index contributed by atoms with van der Waals surface area (Å²) in [5.74, 6) is 1.76. The molecule has 0 spiro atoms.